The molecule has 0 aliphatic carbocycles. The molecule has 2 fully saturated rings. The van der Waals surface area contributed by atoms with E-state index in [1.165, 1.54) is 0 Å². The van der Waals surface area contributed by atoms with Crippen LogP contribution in [0.5, 0.6) is 0 Å². The topological polar surface area (TPSA) is 42.1 Å². The highest BCUT2D eigenvalue weighted by Crippen LogP contribution is 2.39. The number of epoxide rings is 1. The van der Waals surface area contributed by atoms with E-state index >= 15 is 0 Å². The van der Waals surface area contributed by atoms with E-state index in [-0.39, 0.29) is 17.7 Å². The molecule has 2 aliphatic heterocycles. The van der Waals surface area contributed by atoms with Crippen LogP contribution in [0.25, 0.3) is 0 Å². The van der Waals surface area contributed by atoms with E-state index in [9.17, 15) is 4.79 Å². The van der Waals surface area contributed by atoms with Crippen molar-refractivity contribution in [1.29, 1.82) is 0 Å². The van der Waals surface area contributed by atoms with Crippen molar-refractivity contribution in [3.05, 3.63) is 0 Å². The summed E-state index contributed by atoms with van der Waals surface area (Å²) in [7, 11) is 0. The fourth-order valence-electron chi connectivity index (χ4n) is 2.25. The van der Waals surface area contributed by atoms with Crippen LogP contribution in [0.4, 0.5) is 4.79 Å². The van der Waals surface area contributed by atoms with Gasteiger partial charge in [-0.1, -0.05) is 0 Å². The van der Waals surface area contributed by atoms with Crippen molar-refractivity contribution in [1.82, 2.24) is 4.90 Å². The van der Waals surface area contributed by atoms with Crippen LogP contribution in [0.2, 0.25) is 0 Å². The van der Waals surface area contributed by atoms with E-state index in [0.29, 0.717) is 0 Å². The van der Waals surface area contributed by atoms with Gasteiger partial charge in [0, 0.05) is 6.54 Å². The third-order valence-electron chi connectivity index (χ3n) is 3.19. The van der Waals surface area contributed by atoms with Gasteiger partial charge >= 0.3 is 6.09 Å². The van der Waals surface area contributed by atoms with E-state index < -0.39 is 5.60 Å². The predicted octanol–water partition coefficient (Wildman–Crippen LogP) is 2.17. The molecular formula is C12H21NO3. The Morgan fingerprint density at radius 2 is 2.12 bits per heavy atom. The SMILES string of the molecule is CC(C)(C)OC(=O)N1CCC[C@H]1[C@]1(C)CO1. The van der Waals surface area contributed by atoms with Gasteiger partial charge in [0.2, 0.25) is 0 Å². The molecule has 16 heavy (non-hydrogen) atoms. The van der Waals surface area contributed by atoms with Crippen LogP contribution < -0.4 is 0 Å². The summed E-state index contributed by atoms with van der Waals surface area (Å²) in [4.78, 5) is 13.8. The highest BCUT2D eigenvalue weighted by Gasteiger charge is 2.52. The summed E-state index contributed by atoms with van der Waals surface area (Å²) in [5, 5.41) is 0. The first-order valence-corrected chi connectivity index (χ1v) is 5.95. The number of carbonyl (C=O) groups excluding carboxylic acids is 1. The summed E-state index contributed by atoms with van der Waals surface area (Å²) < 4.78 is 10.8. The monoisotopic (exact) mass is 227 g/mol. The lowest BCUT2D eigenvalue weighted by Gasteiger charge is -2.30. The number of hydrogen-bond donors (Lipinski definition) is 0. The molecule has 0 aromatic rings. The van der Waals surface area contributed by atoms with E-state index in [0.717, 1.165) is 26.0 Å². The average molecular weight is 227 g/mol. The smallest absolute Gasteiger partial charge is 0.410 e. The zero-order valence-electron chi connectivity index (χ0n) is 10.6. The summed E-state index contributed by atoms with van der Waals surface area (Å²) >= 11 is 0. The zero-order chi connectivity index (χ0) is 12.0. The molecule has 0 radical (unpaired) electrons. The van der Waals surface area contributed by atoms with Gasteiger partial charge in [0.1, 0.15) is 11.2 Å². The van der Waals surface area contributed by atoms with Crippen LogP contribution in [-0.2, 0) is 9.47 Å². The number of carbonyl (C=O) groups is 1. The maximum Gasteiger partial charge on any atom is 0.410 e. The van der Waals surface area contributed by atoms with Gasteiger partial charge in [0.25, 0.3) is 0 Å². The minimum atomic E-state index is -0.421. The van der Waals surface area contributed by atoms with Gasteiger partial charge in [-0.15, -0.1) is 0 Å². The van der Waals surface area contributed by atoms with Gasteiger partial charge in [-0.2, -0.15) is 0 Å². The van der Waals surface area contributed by atoms with Crippen LogP contribution in [0.1, 0.15) is 40.5 Å². The minimum Gasteiger partial charge on any atom is -0.444 e. The van der Waals surface area contributed by atoms with Gasteiger partial charge < -0.3 is 14.4 Å². The highest BCUT2D eigenvalue weighted by atomic mass is 16.6. The molecule has 0 bridgehead atoms. The van der Waals surface area contributed by atoms with E-state index in [2.05, 4.69) is 6.92 Å². The van der Waals surface area contributed by atoms with Crippen molar-refractivity contribution in [3.63, 3.8) is 0 Å². The van der Waals surface area contributed by atoms with Crippen LogP contribution in [0.3, 0.4) is 0 Å². The second kappa shape index (κ2) is 3.62. The Labute approximate surface area is 96.9 Å². The molecular weight excluding hydrogens is 206 g/mol. The van der Waals surface area contributed by atoms with Crippen molar-refractivity contribution in [2.45, 2.75) is 57.8 Å². The third kappa shape index (κ3) is 2.32. The molecule has 2 aliphatic rings. The Morgan fingerprint density at radius 1 is 1.50 bits per heavy atom. The lowest BCUT2D eigenvalue weighted by atomic mass is 10.0. The van der Waals surface area contributed by atoms with Crippen LogP contribution in [-0.4, -0.2) is 41.4 Å². The molecule has 4 heteroatoms. The average Bonchev–Trinajstić information content (AvgIpc) is 2.70. The Balaban J connectivity index is 2.00. The lowest BCUT2D eigenvalue weighted by Crippen LogP contribution is -2.45. The number of amides is 1. The first-order chi connectivity index (χ1) is 7.32. The molecule has 92 valence electrons. The van der Waals surface area contributed by atoms with Gasteiger partial charge in [-0.25, -0.2) is 4.79 Å². The molecule has 2 saturated heterocycles. The molecule has 0 saturated carbocycles. The predicted molar refractivity (Wildman–Crippen MR) is 60.3 cm³/mol. The summed E-state index contributed by atoms with van der Waals surface area (Å²) in [5.41, 5.74) is -0.539. The summed E-state index contributed by atoms with van der Waals surface area (Å²) in [6.45, 7) is 9.30. The quantitative estimate of drug-likeness (QED) is 0.645. The normalized spacial score (nSPS) is 34.0. The Kier molecular flexibility index (Phi) is 2.65. The van der Waals surface area contributed by atoms with Gasteiger partial charge in [-0.3, -0.25) is 0 Å². The molecule has 0 aromatic heterocycles. The molecule has 0 unspecified atom stereocenters. The van der Waals surface area contributed by atoms with Gasteiger partial charge in [0.05, 0.1) is 12.6 Å². The second-order valence-electron chi connectivity index (χ2n) is 5.93. The van der Waals surface area contributed by atoms with E-state index in [1.54, 1.807) is 0 Å². The van der Waals surface area contributed by atoms with E-state index in [1.807, 2.05) is 25.7 Å². The van der Waals surface area contributed by atoms with Crippen molar-refractivity contribution >= 4 is 6.09 Å². The van der Waals surface area contributed by atoms with Gasteiger partial charge in [0.15, 0.2) is 0 Å². The Hall–Kier alpha value is -0.770. The van der Waals surface area contributed by atoms with E-state index in [4.69, 9.17) is 9.47 Å². The fraction of sp³-hybridized carbons (Fsp3) is 0.917. The molecule has 0 spiro atoms. The Bertz CT molecular complexity index is 291. The molecule has 2 atom stereocenters. The Morgan fingerprint density at radius 3 is 2.62 bits per heavy atom. The number of ether oxygens (including phenoxy) is 2. The maximum atomic E-state index is 12.0. The van der Waals surface area contributed by atoms with Crippen LogP contribution >= 0.6 is 0 Å². The number of rotatable bonds is 1. The maximum absolute atomic E-state index is 12.0. The summed E-state index contributed by atoms with van der Waals surface area (Å²) in [6, 6.07) is 0.197. The van der Waals surface area contributed by atoms with Crippen molar-refractivity contribution in [2.24, 2.45) is 0 Å². The molecule has 0 aromatic carbocycles. The molecule has 2 rings (SSSR count). The van der Waals surface area contributed by atoms with Crippen LogP contribution in [0, 0.1) is 0 Å². The van der Waals surface area contributed by atoms with Crippen molar-refractivity contribution in [2.75, 3.05) is 13.2 Å². The first kappa shape index (κ1) is 11.7. The largest absolute Gasteiger partial charge is 0.444 e. The first-order valence-electron chi connectivity index (χ1n) is 5.95. The number of nitrogens with zero attached hydrogens (tertiary/aromatic N) is 1. The molecule has 0 N–H and O–H groups in total. The van der Waals surface area contributed by atoms with Gasteiger partial charge in [-0.05, 0) is 40.5 Å². The van der Waals surface area contributed by atoms with Crippen LogP contribution in [0.15, 0.2) is 0 Å². The standard InChI is InChI=1S/C12H21NO3/c1-11(2,3)16-10(14)13-7-5-6-9(13)12(4)8-15-12/h9H,5-8H2,1-4H3/t9-,12-/m0/s1. The third-order valence-corrected chi connectivity index (χ3v) is 3.19. The molecule has 4 nitrogen and oxygen atoms in total. The molecule has 1 amide bonds. The summed E-state index contributed by atoms with van der Waals surface area (Å²) in [5.74, 6) is 0. The molecule has 2 heterocycles. The fourth-order valence-corrected chi connectivity index (χ4v) is 2.25. The number of hydrogen-bond acceptors (Lipinski definition) is 3. The van der Waals surface area contributed by atoms with Crippen molar-refractivity contribution in [3.8, 4) is 0 Å². The highest BCUT2D eigenvalue weighted by molar-refractivity contribution is 5.69. The van der Waals surface area contributed by atoms with Crippen molar-refractivity contribution < 1.29 is 14.3 Å². The number of likely N-dealkylation sites (tertiary alicyclic amines) is 1. The minimum absolute atomic E-state index is 0.118. The second-order valence-corrected chi connectivity index (χ2v) is 5.93. The lowest BCUT2D eigenvalue weighted by molar-refractivity contribution is 0.0158. The summed E-state index contributed by atoms with van der Waals surface area (Å²) in [6.07, 6.45) is 1.87. The zero-order valence-corrected chi connectivity index (χ0v) is 10.6.